The van der Waals surface area contributed by atoms with Gasteiger partial charge in [-0.05, 0) is 74.2 Å². The fraction of sp³-hybridized carbons (Fsp3) is 0.360. The molecule has 2 aromatic rings. The maximum absolute atomic E-state index is 15.0. The Balaban J connectivity index is 0.00000158. The lowest BCUT2D eigenvalue weighted by atomic mass is 9.75. The van der Waals surface area contributed by atoms with Gasteiger partial charge in [0.05, 0.1) is 22.3 Å². The minimum atomic E-state index is -1.00. The second-order valence-electron chi connectivity index (χ2n) is 7.80. The molecule has 0 bridgehead atoms. The summed E-state index contributed by atoms with van der Waals surface area (Å²) in [6.07, 6.45) is 3.09. The van der Waals surface area contributed by atoms with Crippen LogP contribution in [0.4, 0.5) is 20.2 Å². The second kappa shape index (κ2) is 10.5. The van der Waals surface area contributed by atoms with E-state index < -0.39 is 23.1 Å². The van der Waals surface area contributed by atoms with Crippen LogP contribution in [0.1, 0.15) is 57.1 Å². The zero-order valence-corrected chi connectivity index (χ0v) is 20.4. The summed E-state index contributed by atoms with van der Waals surface area (Å²) in [7, 11) is 0. The molecule has 4 rings (SSSR count). The van der Waals surface area contributed by atoms with E-state index in [2.05, 4.69) is 0 Å². The van der Waals surface area contributed by atoms with Crippen molar-refractivity contribution in [3.05, 3.63) is 58.1 Å². The first kappa shape index (κ1) is 25.6. The van der Waals surface area contributed by atoms with Crippen LogP contribution in [0.25, 0.3) is 0 Å². The molecule has 5 nitrogen and oxygen atoms in total. The first-order valence-electron chi connectivity index (χ1n) is 11.1. The molecule has 34 heavy (non-hydrogen) atoms. The Hall–Kier alpha value is -3.07. The quantitative estimate of drug-likeness (QED) is 0.350. The Morgan fingerprint density at radius 1 is 1.18 bits per heavy atom. The van der Waals surface area contributed by atoms with Crippen molar-refractivity contribution in [1.82, 2.24) is 0 Å². The minimum Gasteiger partial charge on any atom is -0.303 e. The van der Waals surface area contributed by atoms with E-state index in [-0.39, 0.29) is 21.4 Å². The van der Waals surface area contributed by atoms with Crippen LogP contribution in [-0.2, 0) is 11.2 Å². The van der Waals surface area contributed by atoms with E-state index in [4.69, 9.17) is 34.3 Å². The van der Waals surface area contributed by atoms with Gasteiger partial charge in [-0.25, -0.2) is 8.78 Å². The van der Waals surface area contributed by atoms with E-state index in [1.165, 1.54) is 18.2 Å². The summed E-state index contributed by atoms with van der Waals surface area (Å²) in [6.45, 7) is 4.00. The lowest BCUT2D eigenvalue weighted by Crippen LogP contribution is -2.55. The third kappa shape index (κ3) is 4.13. The maximum Gasteiger partial charge on any atom is 0.259 e. The second-order valence-corrected chi connectivity index (χ2v) is 8.55. The summed E-state index contributed by atoms with van der Waals surface area (Å²) in [5, 5.41) is 17.4. The molecule has 1 saturated heterocycles. The minimum absolute atomic E-state index is 0.0333. The summed E-state index contributed by atoms with van der Waals surface area (Å²) >= 11 is 11.5. The van der Waals surface area contributed by atoms with Crippen molar-refractivity contribution >= 4 is 46.2 Å². The van der Waals surface area contributed by atoms with Gasteiger partial charge >= 0.3 is 0 Å². The van der Waals surface area contributed by atoms with Crippen molar-refractivity contribution in [2.45, 2.75) is 57.9 Å². The van der Waals surface area contributed by atoms with E-state index in [1.54, 1.807) is 23.1 Å². The standard InChI is InChI=1S/C23H17ClF2N4OS.C2H6/c24-19-15(13-28)6-8-18(20(19)26)29-21(31)23(9-3-10-23)30(22(29)32)16-7-5-14(17(25)12-16)4-1-2-11-27;1-2/h5-8,12H,1-4,9-10H2;1-2H3. The van der Waals surface area contributed by atoms with Gasteiger partial charge in [-0.15, -0.1) is 0 Å². The molecule has 1 heterocycles. The van der Waals surface area contributed by atoms with Crippen molar-refractivity contribution in [1.29, 1.82) is 10.5 Å². The first-order chi connectivity index (χ1) is 16.4. The van der Waals surface area contributed by atoms with Gasteiger partial charge in [-0.2, -0.15) is 10.5 Å². The number of amides is 1. The predicted octanol–water partition coefficient (Wildman–Crippen LogP) is 6.42. The predicted molar refractivity (Wildman–Crippen MR) is 132 cm³/mol. The molecule has 0 unspecified atom stereocenters. The normalized spacial score (nSPS) is 16.0. The number of thiocarbonyl (C=S) groups is 1. The summed E-state index contributed by atoms with van der Waals surface area (Å²) in [5.74, 6) is -1.75. The fourth-order valence-electron chi connectivity index (χ4n) is 4.23. The molecule has 2 fully saturated rings. The molecule has 1 amide bonds. The van der Waals surface area contributed by atoms with Gasteiger partial charge in [-0.3, -0.25) is 9.69 Å². The third-order valence-electron chi connectivity index (χ3n) is 6.05. The zero-order valence-electron chi connectivity index (χ0n) is 18.9. The van der Waals surface area contributed by atoms with Gasteiger partial charge in [-0.1, -0.05) is 31.5 Å². The Kier molecular flexibility index (Phi) is 7.86. The number of aryl methyl sites for hydroxylation is 1. The number of nitriles is 2. The van der Waals surface area contributed by atoms with Gasteiger partial charge < -0.3 is 4.90 Å². The van der Waals surface area contributed by atoms with Crippen LogP contribution in [0.3, 0.4) is 0 Å². The zero-order chi connectivity index (χ0) is 25.0. The monoisotopic (exact) mass is 500 g/mol. The van der Waals surface area contributed by atoms with Crippen molar-refractivity contribution in [3.63, 3.8) is 0 Å². The highest BCUT2D eigenvalue weighted by Crippen LogP contribution is 2.48. The van der Waals surface area contributed by atoms with Crippen molar-refractivity contribution in [2.75, 3.05) is 9.80 Å². The fourth-order valence-corrected chi connectivity index (χ4v) is 4.89. The van der Waals surface area contributed by atoms with Gasteiger partial charge in [0.25, 0.3) is 5.91 Å². The van der Waals surface area contributed by atoms with E-state index >= 15 is 0 Å². The highest BCUT2D eigenvalue weighted by atomic mass is 35.5. The molecule has 1 saturated carbocycles. The number of benzene rings is 2. The Labute approximate surface area is 208 Å². The number of carbonyl (C=O) groups is 1. The van der Waals surface area contributed by atoms with Crippen LogP contribution in [0.15, 0.2) is 30.3 Å². The number of nitrogens with zero attached hydrogens (tertiary/aromatic N) is 4. The number of hydrogen-bond acceptors (Lipinski definition) is 4. The smallest absolute Gasteiger partial charge is 0.259 e. The maximum atomic E-state index is 15.0. The number of anilines is 2. The number of unbranched alkanes of at least 4 members (excludes halogenated alkanes) is 1. The Morgan fingerprint density at radius 2 is 1.88 bits per heavy atom. The van der Waals surface area contributed by atoms with Gasteiger partial charge in [0.2, 0.25) is 0 Å². The Morgan fingerprint density at radius 3 is 2.44 bits per heavy atom. The SMILES string of the molecule is CC.N#CCCCc1ccc(N2C(=S)N(c3ccc(C#N)c(Cl)c3F)C(=O)C23CCC3)cc1F. The average molecular weight is 501 g/mol. The van der Waals surface area contributed by atoms with E-state index in [0.29, 0.717) is 43.4 Å². The van der Waals surface area contributed by atoms with Gasteiger partial charge in [0.1, 0.15) is 17.4 Å². The first-order valence-corrected chi connectivity index (χ1v) is 11.9. The van der Waals surface area contributed by atoms with Crippen LogP contribution in [0.5, 0.6) is 0 Å². The number of hydrogen-bond donors (Lipinski definition) is 0. The van der Waals surface area contributed by atoms with Crippen LogP contribution in [0.2, 0.25) is 5.02 Å². The summed E-state index contributed by atoms with van der Waals surface area (Å²) in [5.41, 5.74) is -0.295. The average Bonchev–Trinajstić information content (AvgIpc) is 3.05. The highest BCUT2D eigenvalue weighted by molar-refractivity contribution is 7.81. The molecule has 2 aliphatic rings. The van der Waals surface area contributed by atoms with E-state index in [1.807, 2.05) is 19.9 Å². The van der Waals surface area contributed by atoms with Crippen LogP contribution < -0.4 is 9.80 Å². The largest absolute Gasteiger partial charge is 0.303 e. The van der Waals surface area contributed by atoms with Crippen molar-refractivity contribution < 1.29 is 13.6 Å². The van der Waals surface area contributed by atoms with Crippen LogP contribution in [-0.4, -0.2) is 16.6 Å². The molecule has 1 spiro atoms. The van der Waals surface area contributed by atoms with E-state index in [0.717, 1.165) is 11.3 Å². The number of rotatable bonds is 5. The molecule has 1 aliphatic carbocycles. The molecule has 0 aromatic heterocycles. The number of halogens is 3. The van der Waals surface area contributed by atoms with Crippen LogP contribution >= 0.6 is 23.8 Å². The topological polar surface area (TPSA) is 71.1 Å². The van der Waals surface area contributed by atoms with E-state index in [9.17, 15) is 13.6 Å². The van der Waals surface area contributed by atoms with Crippen molar-refractivity contribution in [3.8, 4) is 12.1 Å². The molecule has 176 valence electrons. The summed E-state index contributed by atoms with van der Waals surface area (Å²) < 4.78 is 29.8. The molecule has 0 atom stereocenters. The third-order valence-corrected chi connectivity index (χ3v) is 6.78. The van der Waals surface area contributed by atoms with Crippen molar-refractivity contribution in [2.24, 2.45) is 0 Å². The summed E-state index contributed by atoms with van der Waals surface area (Å²) in [6, 6.07) is 11.1. The summed E-state index contributed by atoms with van der Waals surface area (Å²) in [4.78, 5) is 16.1. The lowest BCUT2D eigenvalue weighted by Gasteiger charge is -2.43. The molecule has 9 heteroatoms. The molecular formula is C25H23ClF2N4OS. The lowest BCUT2D eigenvalue weighted by molar-refractivity contribution is -0.123. The molecule has 1 aliphatic heterocycles. The van der Waals surface area contributed by atoms with Gasteiger partial charge in [0.15, 0.2) is 10.9 Å². The molecular weight excluding hydrogens is 478 g/mol. The number of carbonyl (C=O) groups excluding carboxylic acids is 1. The Bertz CT molecular complexity index is 1220. The highest BCUT2D eigenvalue weighted by Gasteiger charge is 2.60. The molecule has 0 N–H and O–H groups in total. The van der Waals surface area contributed by atoms with Crippen LogP contribution in [0, 0.1) is 34.3 Å². The molecule has 0 radical (unpaired) electrons. The van der Waals surface area contributed by atoms with Gasteiger partial charge in [0, 0.05) is 12.1 Å². The molecule has 2 aromatic carbocycles.